The summed E-state index contributed by atoms with van der Waals surface area (Å²) in [6, 6.07) is 8.00. The van der Waals surface area contributed by atoms with Gasteiger partial charge in [0.25, 0.3) is 0 Å². The Bertz CT molecular complexity index is 395. The lowest BCUT2D eigenvalue weighted by Gasteiger charge is -2.22. The maximum atomic E-state index is 9.03. The molecule has 0 aliphatic carbocycles. The van der Waals surface area contributed by atoms with Crippen molar-refractivity contribution in [3.05, 3.63) is 23.8 Å². The first-order valence-corrected chi connectivity index (χ1v) is 5.15. The van der Waals surface area contributed by atoms with Gasteiger partial charge in [0.05, 0.1) is 12.0 Å². The van der Waals surface area contributed by atoms with Crippen LogP contribution >= 0.6 is 0 Å². The molecule has 0 amide bonds. The van der Waals surface area contributed by atoms with Gasteiger partial charge in [-0.1, -0.05) is 19.1 Å². The van der Waals surface area contributed by atoms with Gasteiger partial charge in [0.2, 0.25) is 0 Å². The quantitative estimate of drug-likeness (QED) is 0.741. The molecule has 1 aromatic rings. The zero-order valence-electron chi connectivity index (χ0n) is 8.69. The summed E-state index contributed by atoms with van der Waals surface area (Å²) in [6.07, 6.45) is 0.788. The van der Waals surface area contributed by atoms with Gasteiger partial charge in [-0.05, 0) is 12.5 Å². The highest BCUT2D eigenvalue weighted by Gasteiger charge is 2.20. The highest BCUT2D eigenvalue weighted by Crippen LogP contribution is 2.38. The molecule has 1 atom stereocenters. The van der Waals surface area contributed by atoms with E-state index in [1.807, 2.05) is 25.1 Å². The maximum absolute atomic E-state index is 9.03. The molecule has 0 saturated heterocycles. The Hall–Kier alpha value is -1.69. The van der Waals surface area contributed by atoms with Crippen molar-refractivity contribution in [1.29, 1.82) is 5.26 Å². The average Bonchev–Trinajstić information content (AvgIpc) is 2.31. The van der Waals surface area contributed by atoms with Gasteiger partial charge in [-0.25, -0.2) is 0 Å². The number of benzene rings is 1. The summed E-state index contributed by atoms with van der Waals surface area (Å²) in [5.74, 6) is 1.39. The SMILES string of the molecule is CCC(C#N)c1cccc2c1OCCO2. The molecule has 3 nitrogen and oxygen atoms in total. The minimum absolute atomic E-state index is 0.110. The minimum atomic E-state index is -0.110. The van der Waals surface area contributed by atoms with Crippen LogP contribution in [0.3, 0.4) is 0 Å². The van der Waals surface area contributed by atoms with Crippen LogP contribution in [0.4, 0.5) is 0 Å². The van der Waals surface area contributed by atoms with Crippen LogP contribution in [0.15, 0.2) is 18.2 Å². The summed E-state index contributed by atoms with van der Waals surface area (Å²) in [5.41, 5.74) is 0.942. The third-order valence-electron chi connectivity index (χ3n) is 2.54. The van der Waals surface area contributed by atoms with E-state index in [-0.39, 0.29) is 5.92 Å². The lowest BCUT2D eigenvalue weighted by atomic mass is 9.96. The Balaban J connectivity index is 2.43. The highest BCUT2D eigenvalue weighted by molar-refractivity contribution is 5.50. The smallest absolute Gasteiger partial charge is 0.165 e. The zero-order valence-corrected chi connectivity index (χ0v) is 8.69. The van der Waals surface area contributed by atoms with Gasteiger partial charge in [-0.15, -0.1) is 0 Å². The molecule has 0 N–H and O–H groups in total. The standard InChI is InChI=1S/C12H13NO2/c1-2-9(8-13)10-4-3-5-11-12(10)15-7-6-14-11/h3-5,9H,2,6-7H2,1H3. The summed E-state index contributed by atoms with van der Waals surface area (Å²) < 4.78 is 11.0. The van der Waals surface area contributed by atoms with Gasteiger partial charge in [-0.2, -0.15) is 5.26 Å². The first-order valence-electron chi connectivity index (χ1n) is 5.15. The summed E-state index contributed by atoms with van der Waals surface area (Å²) in [7, 11) is 0. The van der Waals surface area contributed by atoms with Gasteiger partial charge in [-0.3, -0.25) is 0 Å². The minimum Gasteiger partial charge on any atom is -0.486 e. The molecule has 1 aliphatic rings. The number of nitriles is 1. The molecule has 15 heavy (non-hydrogen) atoms. The number of hydrogen-bond donors (Lipinski definition) is 0. The molecule has 0 fully saturated rings. The van der Waals surface area contributed by atoms with Crippen LogP contribution in [-0.2, 0) is 0 Å². The second-order valence-corrected chi connectivity index (χ2v) is 3.46. The van der Waals surface area contributed by atoms with Crippen molar-refractivity contribution in [2.45, 2.75) is 19.3 Å². The lowest BCUT2D eigenvalue weighted by Crippen LogP contribution is -2.17. The maximum Gasteiger partial charge on any atom is 0.165 e. The summed E-state index contributed by atoms with van der Waals surface area (Å²) in [6.45, 7) is 3.14. The predicted molar refractivity (Wildman–Crippen MR) is 56.1 cm³/mol. The Morgan fingerprint density at radius 2 is 2.20 bits per heavy atom. The Labute approximate surface area is 89.2 Å². The largest absolute Gasteiger partial charge is 0.486 e. The molecule has 1 heterocycles. The van der Waals surface area contributed by atoms with Crippen molar-refractivity contribution in [2.75, 3.05) is 13.2 Å². The van der Waals surface area contributed by atoms with Gasteiger partial charge < -0.3 is 9.47 Å². The van der Waals surface area contributed by atoms with E-state index in [9.17, 15) is 0 Å². The van der Waals surface area contributed by atoms with E-state index in [0.29, 0.717) is 13.2 Å². The number of rotatable bonds is 2. The molecule has 3 heteroatoms. The molecule has 0 bridgehead atoms. The molecule has 1 unspecified atom stereocenters. The first-order chi connectivity index (χ1) is 7.36. The van der Waals surface area contributed by atoms with Crippen molar-refractivity contribution in [3.63, 3.8) is 0 Å². The van der Waals surface area contributed by atoms with Crippen LogP contribution in [0.1, 0.15) is 24.8 Å². The van der Waals surface area contributed by atoms with Crippen LogP contribution in [0.25, 0.3) is 0 Å². The number of ether oxygens (including phenoxy) is 2. The van der Waals surface area contributed by atoms with Gasteiger partial charge in [0, 0.05) is 5.56 Å². The van der Waals surface area contributed by atoms with Crippen molar-refractivity contribution in [2.24, 2.45) is 0 Å². The third-order valence-corrected chi connectivity index (χ3v) is 2.54. The lowest BCUT2D eigenvalue weighted by molar-refractivity contribution is 0.169. The molecular formula is C12H13NO2. The summed E-state index contributed by atoms with van der Waals surface area (Å²) in [5, 5.41) is 9.03. The van der Waals surface area contributed by atoms with Crippen molar-refractivity contribution in [1.82, 2.24) is 0 Å². The zero-order chi connectivity index (χ0) is 10.7. The topological polar surface area (TPSA) is 42.2 Å². The van der Waals surface area contributed by atoms with E-state index in [2.05, 4.69) is 6.07 Å². The molecular weight excluding hydrogens is 190 g/mol. The second-order valence-electron chi connectivity index (χ2n) is 3.46. The molecule has 0 saturated carbocycles. The van der Waals surface area contributed by atoms with Crippen molar-refractivity contribution < 1.29 is 9.47 Å². The fraction of sp³-hybridized carbons (Fsp3) is 0.417. The van der Waals surface area contributed by atoms with Crippen LogP contribution in [-0.4, -0.2) is 13.2 Å². The van der Waals surface area contributed by atoms with Crippen LogP contribution in [0.2, 0.25) is 0 Å². The molecule has 1 aliphatic heterocycles. The predicted octanol–water partition coefficient (Wildman–Crippen LogP) is 2.47. The average molecular weight is 203 g/mol. The fourth-order valence-electron chi connectivity index (χ4n) is 1.75. The molecule has 0 aromatic heterocycles. The Kier molecular flexibility index (Phi) is 2.77. The second kappa shape index (κ2) is 4.22. The van der Waals surface area contributed by atoms with E-state index in [1.54, 1.807) is 0 Å². The van der Waals surface area contributed by atoms with Crippen molar-refractivity contribution in [3.8, 4) is 17.6 Å². The Morgan fingerprint density at radius 3 is 2.93 bits per heavy atom. The van der Waals surface area contributed by atoms with Crippen LogP contribution in [0.5, 0.6) is 11.5 Å². The van der Waals surface area contributed by atoms with E-state index >= 15 is 0 Å². The molecule has 0 radical (unpaired) electrons. The van der Waals surface area contributed by atoms with Crippen molar-refractivity contribution >= 4 is 0 Å². The van der Waals surface area contributed by atoms with E-state index in [0.717, 1.165) is 23.5 Å². The molecule has 78 valence electrons. The van der Waals surface area contributed by atoms with Gasteiger partial charge in [0.1, 0.15) is 13.2 Å². The van der Waals surface area contributed by atoms with Crippen LogP contribution in [0, 0.1) is 11.3 Å². The number of fused-ring (bicyclic) bond motifs is 1. The highest BCUT2D eigenvalue weighted by atomic mass is 16.6. The summed E-state index contributed by atoms with van der Waals surface area (Å²) >= 11 is 0. The van der Waals surface area contributed by atoms with E-state index in [1.165, 1.54) is 0 Å². The monoisotopic (exact) mass is 203 g/mol. The third kappa shape index (κ3) is 1.75. The fourth-order valence-corrected chi connectivity index (χ4v) is 1.75. The van der Waals surface area contributed by atoms with E-state index < -0.39 is 0 Å². The van der Waals surface area contributed by atoms with E-state index in [4.69, 9.17) is 14.7 Å². The van der Waals surface area contributed by atoms with Gasteiger partial charge in [0.15, 0.2) is 11.5 Å². The van der Waals surface area contributed by atoms with Crippen LogP contribution < -0.4 is 9.47 Å². The van der Waals surface area contributed by atoms with Gasteiger partial charge >= 0.3 is 0 Å². The first kappa shape index (κ1) is 9.85. The summed E-state index contributed by atoms with van der Waals surface area (Å²) in [4.78, 5) is 0. The molecule has 0 spiro atoms. The molecule has 2 rings (SSSR count). The number of para-hydroxylation sites is 1. The molecule has 1 aromatic carbocycles. The number of nitrogens with zero attached hydrogens (tertiary/aromatic N) is 1. The normalized spacial score (nSPS) is 15.5. The number of hydrogen-bond acceptors (Lipinski definition) is 3. The Morgan fingerprint density at radius 1 is 1.40 bits per heavy atom.